The van der Waals surface area contributed by atoms with Gasteiger partial charge in [0.05, 0.1) is 5.69 Å². The van der Waals surface area contributed by atoms with Crippen LogP contribution in [0.4, 0.5) is 0 Å². The van der Waals surface area contributed by atoms with Crippen molar-refractivity contribution in [2.75, 3.05) is 7.05 Å². The summed E-state index contributed by atoms with van der Waals surface area (Å²) >= 11 is 0. The molecule has 0 spiro atoms. The van der Waals surface area contributed by atoms with Crippen molar-refractivity contribution in [2.45, 2.75) is 39.7 Å². The Labute approximate surface area is 93.1 Å². The van der Waals surface area contributed by atoms with Crippen molar-refractivity contribution in [3.63, 3.8) is 0 Å². The van der Waals surface area contributed by atoms with Gasteiger partial charge in [0.25, 0.3) is 0 Å². The largest absolute Gasteiger partial charge is 0.312 e. The van der Waals surface area contributed by atoms with Gasteiger partial charge in [-0.15, -0.1) is 0 Å². The number of hydrogen-bond acceptors (Lipinski definition) is 2. The van der Waals surface area contributed by atoms with E-state index in [9.17, 15) is 0 Å². The molecular formula is C13H22N2. The smallest absolute Gasteiger partial charge is 0.0576 e. The molecule has 1 aromatic heterocycles. The lowest BCUT2D eigenvalue weighted by molar-refractivity contribution is 0.457. The highest BCUT2D eigenvalue weighted by molar-refractivity contribution is 5.13. The zero-order valence-electron chi connectivity index (χ0n) is 10.2. The maximum atomic E-state index is 4.56. The third-order valence-electron chi connectivity index (χ3n) is 2.65. The number of rotatable bonds is 5. The molecule has 1 N–H and O–H groups in total. The number of nitrogens with zero attached hydrogens (tertiary/aromatic N) is 1. The van der Waals surface area contributed by atoms with E-state index < -0.39 is 0 Å². The molecule has 1 heterocycles. The second-order valence-electron chi connectivity index (χ2n) is 4.52. The Hall–Kier alpha value is -0.890. The van der Waals surface area contributed by atoms with Gasteiger partial charge in [-0.05, 0) is 44.9 Å². The fourth-order valence-corrected chi connectivity index (χ4v) is 1.70. The Morgan fingerprint density at radius 3 is 2.53 bits per heavy atom. The lowest BCUT2D eigenvalue weighted by Gasteiger charge is -2.17. The second-order valence-corrected chi connectivity index (χ2v) is 4.52. The van der Waals surface area contributed by atoms with Gasteiger partial charge >= 0.3 is 0 Å². The fraction of sp³-hybridized carbons (Fsp3) is 0.615. The van der Waals surface area contributed by atoms with E-state index in [1.807, 2.05) is 20.0 Å². The van der Waals surface area contributed by atoms with Crippen LogP contribution in [0.3, 0.4) is 0 Å². The van der Waals surface area contributed by atoms with Crippen molar-refractivity contribution >= 4 is 0 Å². The van der Waals surface area contributed by atoms with Crippen LogP contribution in [0.1, 0.15) is 44.1 Å². The monoisotopic (exact) mass is 206 g/mol. The van der Waals surface area contributed by atoms with Crippen molar-refractivity contribution < 1.29 is 0 Å². The highest BCUT2D eigenvalue weighted by atomic mass is 14.9. The second kappa shape index (κ2) is 5.86. The van der Waals surface area contributed by atoms with Gasteiger partial charge in [0.15, 0.2) is 0 Å². The van der Waals surface area contributed by atoms with Crippen LogP contribution in [0.5, 0.6) is 0 Å². The van der Waals surface area contributed by atoms with Crippen LogP contribution in [0, 0.1) is 12.8 Å². The lowest BCUT2D eigenvalue weighted by atomic mass is 10.0. The maximum Gasteiger partial charge on any atom is 0.0576 e. The maximum absolute atomic E-state index is 4.56. The van der Waals surface area contributed by atoms with Gasteiger partial charge in [-0.2, -0.15) is 0 Å². The SMILES string of the molecule is CNC(CCC(C)C)c1cccc(C)n1. The van der Waals surface area contributed by atoms with Crippen molar-refractivity contribution in [3.05, 3.63) is 29.6 Å². The zero-order chi connectivity index (χ0) is 11.3. The molecule has 0 aliphatic rings. The first-order valence-corrected chi connectivity index (χ1v) is 5.74. The summed E-state index contributed by atoms with van der Waals surface area (Å²) in [5.74, 6) is 0.755. The Morgan fingerprint density at radius 2 is 2.00 bits per heavy atom. The number of pyridine rings is 1. The van der Waals surface area contributed by atoms with E-state index >= 15 is 0 Å². The van der Waals surface area contributed by atoms with Crippen molar-refractivity contribution in [3.8, 4) is 0 Å². The number of hydrogen-bond donors (Lipinski definition) is 1. The van der Waals surface area contributed by atoms with Crippen molar-refractivity contribution in [2.24, 2.45) is 5.92 Å². The molecule has 0 amide bonds. The van der Waals surface area contributed by atoms with Gasteiger partial charge in [0.1, 0.15) is 0 Å². The van der Waals surface area contributed by atoms with Crippen LogP contribution in [-0.4, -0.2) is 12.0 Å². The van der Waals surface area contributed by atoms with Crippen LogP contribution in [0.15, 0.2) is 18.2 Å². The van der Waals surface area contributed by atoms with Crippen LogP contribution >= 0.6 is 0 Å². The molecule has 1 atom stereocenters. The highest BCUT2D eigenvalue weighted by Crippen LogP contribution is 2.18. The Morgan fingerprint density at radius 1 is 1.27 bits per heavy atom. The van der Waals surface area contributed by atoms with Gasteiger partial charge in [-0.3, -0.25) is 4.98 Å². The van der Waals surface area contributed by atoms with Crippen LogP contribution < -0.4 is 5.32 Å². The normalized spacial score (nSPS) is 13.1. The van der Waals surface area contributed by atoms with E-state index in [-0.39, 0.29) is 0 Å². The molecule has 0 saturated carbocycles. The first-order chi connectivity index (χ1) is 7.13. The minimum atomic E-state index is 0.396. The van der Waals surface area contributed by atoms with Gasteiger partial charge in [-0.25, -0.2) is 0 Å². The molecule has 0 bridgehead atoms. The minimum Gasteiger partial charge on any atom is -0.312 e. The standard InChI is InChI=1S/C13H22N2/c1-10(2)8-9-12(14-4)13-7-5-6-11(3)15-13/h5-7,10,12,14H,8-9H2,1-4H3. The number of aryl methyl sites for hydroxylation is 1. The molecule has 2 nitrogen and oxygen atoms in total. The van der Waals surface area contributed by atoms with Crippen LogP contribution in [0.2, 0.25) is 0 Å². The predicted octanol–water partition coefficient (Wildman–Crippen LogP) is 3.09. The molecule has 1 rings (SSSR count). The number of aromatic nitrogens is 1. The number of nitrogens with one attached hydrogen (secondary N) is 1. The summed E-state index contributed by atoms with van der Waals surface area (Å²) in [6.07, 6.45) is 2.39. The van der Waals surface area contributed by atoms with E-state index in [1.54, 1.807) is 0 Å². The van der Waals surface area contributed by atoms with Crippen LogP contribution in [0.25, 0.3) is 0 Å². The van der Waals surface area contributed by atoms with Gasteiger partial charge in [-0.1, -0.05) is 19.9 Å². The predicted molar refractivity (Wildman–Crippen MR) is 64.8 cm³/mol. The van der Waals surface area contributed by atoms with Gasteiger partial charge < -0.3 is 5.32 Å². The van der Waals surface area contributed by atoms with E-state index in [4.69, 9.17) is 0 Å². The van der Waals surface area contributed by atoms with E-state index in [1.165, 1.54) is 6.42 Å². The van der Waals surface area contributed by atoms with E-state index in [0.29, 0.717) is 6.04 Å². The van der Waals surface area contributed by atoms with Crippen molar-refractivity contribution in [1.29, 1.82) is 0 Å². The fourth-order valence-electron chi connectivity index (χ4n) is 1.70. The summed E-state index contributed by atoms with van der Waals surface area (Å²) in [4.78, 5) is 4.56. The van der Waals surface area contributed by atoms with E-state index in [2.05, 4.69) is 36.3 Å². The van der Waals surface area contributed by atoms with Crippen molar-refractivity contribution in [1.82, 2.24) is 10.3 Å². The first kappa shape index (κ1) is 12.2. The van der Waals surface area contributed by atoms with Crippen LogP contribution in [-0.2, 0) is 0 Å². The summed E-state index contributed by atoms with van der Waals surface area (Å²) in [5.41, 5.74) is 2.26. The molecule has 84 valence electrons. The Bertz CT molecular complexity index is 294. The molecular weight excluding hydrogens is 184 g/mol. The van der Waals surface area contributed by atoms with Gasteiger partial charge in [0.2, 0.25) is 0 Å². The molecule has 15 heavy (non-hydrogen) atoms. The summed E-state index contributed by atoms with van der Waals surface area (Å²) in [5, 5.41) is 3.34. The van der Waals surface area contributed by atoms with E-state index in [0.717, 1.165) is 23.7 Å². The molecule has 0 radical (unpaired) electrons. The van der Waals surface area contributed by atoms with Gasteiger partial charge in [0, 0.05) is 11.7 Å². The average Bonchev–Trinajstić information content (AvgIpc) is 2.18. The average molecular weight is 206 g/mol. The first-order valence-electron chi connectivity index (χ1n) is 5.74. The molecule has 0 saturated heterocycles. The third-order valence-corrected chi connectivity index (χ3v) is 2.65. The molecule has 0 aliphatic heterocycles. The summed E-state index contributed by atoms with van der Waals surface area (Å²) in [6.45, 7) is 6.56. The Kier molecular flexibility index (Phi) is 4.76. The molecule has 0 aromatic carbocycles. The molecule has 1 unspecified atom stereocenters. The summed E-state index contributed by atoms with van der Waals surface area (Å²) < 4.78 is 0. The Balaban J connectivity index is 2.65. The third kappa shape index (κ3) is 4.00. The molecule has 2 heteroatoms. The summed E-state index contributed by atoms with van der Waals surface area (Å²) in [7, 11) is 2.01. The quantitative estimate of drug-likeness (QED) is 0.800. The highest BCUT2D eigenvalue weighted by Gasteiger charge is 2.10. The molecule has 0 fully saturated rings. The summed E-state index contributed by atoms with van der Waals surface area (Å²) in [6, 6.07) is 6.62. The molecule has 0 aliphatic carbocycles. The molecule has 1 aromatic rings. The zero-order valence-corrected chi connectivity index (χ0v) is 10.2. The topological polar surface area (TPSA) is 24.9 Å². The lowest BCUT2D eigenvalue weighted by Crippen LogP contribution is -2.18. The minimum absolute atomic E-state index is 0.396.